The molecule has 1 aliphatic heterocycles. The normalized spacial score (nSPS) is 14.6. The van der Waals surface area contributed by atoms with E-state index in [2.05, 4.69) is 56.9 Å². The predicted molar refractivity (Wildman–Crippen MR) is 170 cm³/mol. The lowest BCUT2D eigenvalue weighted by Gasteiger charge is -2.28. The Bertz CT molecular complexity index is 1630. The maximum Gasteiger partial charge on any atom is 0.258 e. The van der Waals surface area contributed by atoms with Gasteiger partial charge in [-0.3, -0.25) is 4.79 Å². The summed E-state index contributed by atoms with van der Waals surface area (Å²) < 4.78 is 1.61. The first-order valence-electron chi connectivity index (χ1n) is 13.3. The maximum atomic E-state index is 13.0. The van der Waals surface area contributed by atoms with Crippen molar-refractivity contribution < 1.29 is 4.79 Å². The molecule has 1 radical (unpaired) electrons. The summed E-state index contributed by atoms with van der Waals surface area (Å²) in [5.74, 6) is 0.613. The summed E-state index contributed by atoms with van der Waals surface area (Å²) >= 11 is 0. The van der Waals surface area contributed by atoms with Crippen LogP contribution < -0.4 is 31.6 Å². The molecule has 3 aromatic rings. The van der Waals surface area contributed by atoms with Crippen molar-refractivity contribution in [1.82, 2.24) is 25.1 Å². The molecule has 2 N–H and O–H groups in total. The van der Waals surface area contributed by atoms with E-state index in [-0.39, 0.29) is 5.91 Å². The number of benzene rings is 1. The molecule has 41 heavy (non-hydrogen) atoms. The first kappa shape index (κ1) is 29.0. The minimum Gasteiger partial charge on any atom is -0.353 e. The van der Waals surface area contributed by atoms with Crippen LogP contribution in [0.1, 0.15) is 10.4 Å². The van der Waals surface area contributed by atoms with Gasteiger partial charge in [0.1, 0.15) is 12.1 Å². The molecule has 1 aliphatic rings. The molecule has 0 atom stereocenters. The molecule has 0 bridgehead atoms. The highest BCUT2D eigenvalue weighted by Crippen LogP contribution is 2.12. The van der Waals surface area contributed by atoms with Gasteiger partial charge in [0.25, 0.3) is 5.91 Å². The third-order valence-electron chi connectivity index (χ3n) is 6.32. The Morgan fingerprint density at radius 2 is 1.93 bits per heavy atom. The average molecular weight is 542 g/mol. The number of rotatable bonds is 11. The Morgan fingerprint density at radius 3 is 2.68 bits per heavy atom. The molecule has 2 aromatic heterocycles. The van der Waals surface area contributed by atoms with Crippen LogP contribution >= 0.6 is 0 Å². The van der Waals surface area contributed by atoms with E-state index in [0.717, 1.165) is 53.8 Å². The van der Waals surface area contributed by atoms with Crippen molar-refractivity contribution in [2.45, 2.75) is 0 Å². The minimum absolute atomic E-state index is 0.264. The topological polar surface area (TPSA) is 88.0 Å². The Morgan fingerprint density at radius 1 is 1.10 bits per heavy atom. The van der Waals surface area contributed by atoms with Gasteiger partial charge in [-0.25, -0.2) is 14.6 Å². The number of nitrogens with zero attached hydrogens (tertiary/aromatic N) is 5. The number of nitrogens with one attached hydrogen (secondary N) is 2. The molecule has 1 saturated heterocycles. The van der Waals surface area contributed by atoms with Crippen LogP contribution in [0.25, 0.3) is 18.4 Å². The summed E-state index contributed by atoms with van der Waals surface area (Å²) in [7, 11) is 1.99. The molecule has 0 aliphatic carbocycles. The Hall–Kier alpha value is -5.02. The first-order valence-corrected chi connectivity index (χ1v) is 13.3. The zero-order valence-corrected chi connectivity index (χ0v) is 23.0. The quantitative estimate of drug-likeness (QED) is 0.286. The highest BCUT2D eigenvalue weighted by Gasteiger charge is 2.13. The van der Waals surface area contributed by atoms with Crippen molar-refractivity contribution in [3.63, 3.8) is 0 Å². The standard InChI is InChI=1S/C32H33BN7O/c1-5-8-13-29(10-6-2)40-22-25(21-37-40)32(41)38-28-12-9-11-27(20-28)33-26(7-3)14-15-30-24(4)35-23-36-31(30)39-18-16-34-17-19-39/h5-15,20-23,34H,1-4,16-19H2,(H,38,41)/b13-8-,26-14+,29-10+,30-15+. The SMILES string of the molecule is C=C/C=C\C(=C/C=C)n1cc(C(=O)Nc2cccc([B]/C(C=C)=C/C=c3/c(N4CCNCC4)ncnc3=C)c2)cn1. The number of carbonyl (C=O) groups is 1. The number of hydrogen-bond donors (Lipinski definition) is 2. The van der Waals surface area contributed by atoms with Crippen molar-refractivity contribution >= 4 is 48.5 Å². The van der Waals surface area contributed by atoms with Crippen molar-refractivity contribution in [3.05, 3.63) is 127 Å². The summed E-state index contributed by atoms with van der Waals surface area (Å²) in [4.78, 5) is 24.0. The molecular weight excluding hydrogens is 509 g/mol. The van der Waals surface area contributed by atoms with Gasteiger partial charge in [-0.05, 0) is 30.4 Å². The molecule has 205 valence electrons. The van der Waals surface area contributed by atoms with Gasteiger partial charge in [-0.2, -0.15) is 5.10 Å². The van der Waals surface area contributed by atoms with Crippen LogP contribution in [0.5, 0.6) is 0 Å². The van der Waals surface area contributed by atoms with E-state index in [1.54, 1.807) is 47.6 Å². The lowest BCUT2D eigenvalue weighted by Crippen LogP contribution is -2.47. The van der Waals surface area contributed by atoms with E-state index < -0.39 is 0 Å². The average Bonchev–Trinajstić information content (AvgIpc) is 3.49. The van der Waals surface area contributed by atoms with Crippen LogP contribution in [0.4, 0.5) is 11.5 Å². The van der Waals surface area contributed by atoms with Gasteiger partial charge in [0.2, 0.25) is 0 Å². The number of hydrogen-bond acceptors (Lipinski definition) is 6. The second-order valence-electron chi connectivity index (χ2n) is 9.15. The largest absolute Gasteiger partial charge is 0.353 e. The van der Waals surface area contributed by atoms with Gasteiger partial charge in [-0.1, -0.05) is 79.8 Å². The fourth-order valence-corrected chi connectivity index (χ4v) is 4.25. The Labute approximate surface area is 241 Å². The van der Waals surface area contributed by atoms with Gasteiger partial charge in [0, 0.05) is 43.3 Å². The first-order chi connectivity index (χ1) is 20.0. The monoisotopic (exact) mass is 542 g/mol. The fraction of sp³-hybridized carbons (Fsp3) is 0.125. The van der Waals surface area contributed by atoms with Gasteiger partial charge in [0.05, 0.1) is 22.8 Å². The maximum absolute atomic E-state index is 13.0. The van der Waals surface area contributed by atoms with Crippen LogP contribution in [-0.2, 0) is 0 Å². The summed E-state index contributed by atoms with van der Waals surface area (Å²) in [6, 6.07) is 7.60. The number of piperazine rings is 1. The van der Waals surface area contributed by atoms with E-state index in [1.165, 1.54) is 6.20 Å². The van der Waals surface area contributed by atoms with Gasteiger partial charge >= 0.3 is 0 Å². The smallest absolute Gasteiger partial charge is 0.258 e. The molecular formula is C32H33BN7O. The summed E-state index contributed by atoms with van der Waals surface area (Å²) in [5.41, 5.74) is 3.64. The number of carbonyl (C=O) groups excluding carboxylic acids is 1. The zero-order valence-electron chi connectivity index (χ0n) is 23.0. The van der Waals surface area contributed by atoms with Crippen LogP contribution in [0.3, 0.4) is 0 Å². The molecule has 0 unspecified atom stereocenters. The number of amides is 1. The molecule has 3 heterocycles. The predicted octanol–water partition coefficient (Wildman–Crippen LogP) is 2.39. The zero-order chi connectivity index (χ0) is 29.0. The molecule has 1 amide bonds. The molecule has 1 fully saturated rings. The lowest BCUT2D eigenvalue weighted by molar-refractivity contribution is 0.102. The second kappa shape index (κ2) is 14.4. The molecule has 0 saturated carbocycles. The molecule has 1 aromatic carbocycles. The number of anilines is 2. The van der Waals surface area contributed by atoms with Gasteiger partial charge in [0.15, 0.2) is 7.28 Å². The van der Waals surface area contributed by atoms with Gasteiger partial charge < -0.3 is 15.5 Å². The van der Waals surface area contributed by atoms with Gasteiger partial charge in [-0.15, -0.1) is 0 Å². The van der Waals surface area contributed by atoms with E-state index in [4.69, 9.17) is 0 Å². The van der Waals surface area contributed by atoms with Crippen molar-refractivity contribution in [2.24, 2.45) is 0 Å². The third kappa shape index (κ3) is 7.77. The second-order valence-corrected chi connectivity index (χ2v) is 9.15. The van der Waals surface area contributed by atoms with Crippen molar-refractivity contribution in [2.75, 3.05) is 36.4 Å². The molecule has 0 spiro atoms. The van der Waals surface area contributed by atoms with Crippen LogP contribution in [0.15, 0.2) is 111 Å². The van der Waals surface area contributed by atoms with Crippen molar-refractivity contribution in [1.29, 1.82) is 0 Å². The summed E-state index contributed by atoms with van der Waals surface area (Å²) in [6.07, 6.45) is 19.2. The van der Waals surface area contributed by atoms with Crippen molar-refractivity contribution in [3.8, 4) is 0 Å². The highest BCUT2D eigenvalue weighted by atomic mass is 16.1. The summed E-state index contributed by atoms with van der Waals surface area (Å²) in [6.45, 7) is 19.1. The molecule has 4 rings (SSSR count). The number of allylic oxidation sites excluding steroid dienone is 9. The Balaban J connectivity index is 1.50. The van der Waals surface area contributed by atoms with E-state index in [9.17, 15) is 4.79 Å². The third-order valence-corrected chi connectivity index (χ3v) is 6.32. The van der Waals surface area contributed by atoms with Crippen LogP contribution in [0.2, 0.25) is 0 Å². The van der Waals surface area contributed by atoms with E-state index >= 15 is 0 Å². The van der Waals surface area contributed by atoms with Crippen LogP contribution in [0, 0.1) is 0 Å². The highest BCUT2D eigenvalue weighted by molar-refractivity contribution is 6.62. The fourth-order valence-electron chi connectivity index (χ4n) is 4.25. The lowest BCUT2D eigenvalue weighted by atomic mass is 9.63. The molecule has 8 nitrogen and oxygen atoms in total. The molecule has 9 heteroatoms. The van der Waals surface area contributed by atoms with Crippen LogP contribution in [-0.4, -0.2) is 59.1 Å². The van der Waals surface area contributed by atoms with E-state index in [1.807, 2.05) is 49.8 Å². The Kier molecular flexibility index (Phi) is 10.2. The minimum atomic E-state index is -0.264. The van der Waals surface area contributed by atoms with E-state index in [0.29, 0.717) is 16.6 Å². The number of aromatic nitrogens is 4. The summed E-state index contributed by atoms with van der Waals surface area (Å²) in [5, 5.41) is 12.2.